The maximum atomic E-state index is 13.8. The number of nitrogens with zero attached hydrogens (tertiary/aromatic N) is 6. The van der Waals surface area contributed by atoms with Crippen molar-refractivity contribution in [2.45, 2.75) is 44.3 Å². The lowest BCUT2D eigenvalue weighted by molar-refractivity contribution is -0.162. The summed E-state index contributed by atoms with van der Waals surface area (Å²) in [5.41, 5.74) is 1.10. The quantitative estimate of drug-likeness (QED) is 0.502. The Kier molecular flexibility index (Phi) is 5.86. The fourth-order valence-electron chi connectivity index (χ4n) is 4.48. The van der Waals surface area contributed by atoms with Crippen LogP contribution in [-0.4, -0.2) is 62.0 Å². The van der Waals surface area contributed by atoms with Crippen molar-refractivity contribution >= 4 is 17.4 Å². The lowest BCUT2D eigenvalue weighted by Gasteiger charge is -2.40. The van der Waals surface area contributed by atoms with Crippen LogP contribution >= 0.6 is 0 Å². The number of carbonyl (C=O) groups excluding carboxylic acids is 1. The van der Waals surface area contributed by atoms with E-state index in [0.717, 1.165) is 19.3 Å². The van der Waals surface area contributed by atoms with Crippen molar-refractivity contribution in [1.29, 1.82) is 0 Å². The van der Waals surface area contributed by atoms with E-state index in [9.17, 15) is 22.4 Å². The molecule has 7 nitrogen and oxygen atoms in total. The van der Waals surface area contributed by atoms with Crippen LogP contribution in [-0.2, 0) is 4.79 Å². The van der Waals surface area contributed by atoms with E-state index in [1.54, 1.807) is 28.9 Å². The van der Waals surface area contributed by atoms with Crippen LogP contribution in [0, 0.1) is 11.7 Å². The second kappa shape index (κ2) is 8.84. The van der Waals surface area contributed by atoms with Gasteiger partial charge in [0, 0.05) is 38.1 Å². The normalized spacial score (nSPS) is 18.9. The van der Waals surface area contributed by atoms with E-state index in [1.807, 2.05) is 0 Å². The van der Waals surface area contributed by atoms with Crippen LogP contribution in [0.25, 0.3) is 17.2 Å². The fraction of sp³-hybridized carbons (Fsp3) is 0.478. The molecule has 0 aromatic carbocycles. The third-order valence-corrected chi connectivity index (χ3v) is 6.33. The van der Waals surface area contributed by atoms with E-state index in [4.69, 9.17) is 4.98 Å². The van der Waals surface area contributed by atoms with Gasteiger partial charge in [-0.1, -0.05) is 0 Å². The van der Waals surface area contributed by atoms with Crippen molar-refractivity contribution in [3.8, 4) is 11.5 Å². The standard InChI is InChI=1S/C23H24F4N6O/c24-16-5-6-19-29-11-18(33(19)13-16)22-28-8-7-20(30-22)32(12-15-3-4-15)17-2-1-9-31(14-17)21(34)10-23(25,26)27/h5-8,11,13,15,17H,1-4,9-10,12,14H2. The second-order valence-corrected chi connectivity index (χ2v) is 8.98. The second-order valence-electron chi connectivity index (χ2n) is 8.98. The van der Waals surface area contributed by atoms with Crippen LogP contribution in [0.4, 0.5) is 23.4 Å². The number of hydrogen-bond acceptors (Lipinski definition) is 5. The summed E-state index contributed by atoms with van der Waals surface area (Å²) in [5.74, 6) is 0.198. The Morgan fingerprint density at radius 1 is 1.15 bits per heavy atom. The molecule has 3 aromatic rings. The molecule has 1 saturated carbocycles. The largest absolute Gasteiger partial charge is 0.397 e. The summed E-state index contributed by atoms with van der Waals surface area (Å²) in [6, 6.07) is 4.52. The number of aromatic nitrogens is 4. The van der Waals surface area contributed by atoms with Crippen molar-refractivity contribution in [1.82, 2.24) is 24.3 Å². The van der Waals surface area contributed by atoms with Crippen LogP contribution in [0.15, 0.2) is 36.8 Å². The highest BCUT2D eigenvalue weighted by Gasteiger charge is 2.37. The van der Waals surface area contributed by atoms with E-state index < -0.39 is 24.3 Å². The van der Waals surface area contributed by atoms with Crippen molar-refractivity contribution < 1.29 is 22.4 Å². The predicted octanol–water partition coefficient (Wildman–Crippen LogP) is 4.09. The molecule has 2 fully saturated rings. The number of alkyl halides is 3. The number of pyridine rings is 1. The molecule has 180 valence electrons. The van der Waals surface area contributed by atoms with Gasteiger partial charge in [0.05, 0.1) is 6.20 Å². The van der Waals surface area contributed by atoms with E-state index in [1.165, 1.54) is 17.2 Å². The topological polar surface area (TPSA) is 66.6 Å². The Bertz CT molecular complexity index is 1190. The fourth-order valence-corrected chi connectivity index (χ4v) is 4.48. The van der Waals surface area contributed by atoms with E-state index in [0.29, 0.717) is 48.4 Å². The summed E-state index contributed by atoms with van der Waals surface area (Å²) in [7, 11) is 0. The molecule has 1 saturated heterocycles. The zero-order valence-electron chi connectivity index (χ0n) is 18.4. The lowest BCUT2D eigenvalue weighted by Crippen LogP contribution is -2.51. The third kappa shape index (κ3) is 4.97. The van der Waals surface area contributed by atoms with Crippen LogP contribution in [0.2, 0.25) is 0 Å². The molecule has 3 aromatic heterocycles. The summed E-state index contributed by atoms with van der Waals surface area (Å²) in [5, 5.41) is 0. The van der Waals surface area contributed by atoms with Gasteiger partial charge in [0.25, 0.3) is 0 Å². The molecule has 11 heteroatoms. The number of piperidine rings is 1. The number of hydrogen-bond donors (Lipinski definition) is 0. The first kappa shape index (κ1) is 22.5. The van der Waals surface area contributed by atoms with E-state index >= 15 is 0 Å². The highest BCUT2D eigenvalue weighted by Crippen LogP contribution is 2.34. The number of fused-ring (bicyclic) bond motifs is 1. The Labute approximate surface area is 193 Å². The summed E-state index contributed by atoms with van der Waals surface area (Å²) in [4.78, 5) is 29.0. The minimum Gasteiger partial charge on any atom is -0.351 e. The number of amides is 1. The van der Waals surface area contributed by atoms with Crippen molar-refractivity contribution in [3.05, 3.63) is 42.6 Å². The molecular weight excluding hydrogens is 452 g/mol. The predicted molar refractivity (Wildman–Crippen MR) is 117 cm³/mol. The first-order chi connectivity index (χ1) is 16.3. The molecule has 34 heavy (non-hydrogen) atoms. The Morgan fingerprint density at radius 3 is 2.74 bits per heavy atom. The number of halogens is 4. The summed E-state index contributed by atoms with van der Waals surface area (Å²) in [6.07, 6.45) is 2.11. The van der Waals surface area contributed by atoms with Gasteiger partial charge in [-0.3, -0.25) is 9.20 Å². The minimum absolute atomic E-state index is 0.145. The van der Waals surface area contributed by atoms with E-state index in [-0.39, 0.29) is 12.6 Å². The van der Waals surface area contributed by atoms with Gasteiger partial charge in [0.2, 0.25) is 5.91 Å². The number of carbonyl (C=O) groups is 1. The van der Waals surface area contributed by atoms with E-state index in [2.05, 4.69) is 14.9 Å². The van der Waals surface area contributed by atoms with Crippen LogP contribution in [0.1, 0.15) is 32.1 Å². The molecule has 5 rings (SSSR count). The molecule has 1 aliphatic carbocycles. The number of rotatable bonds is 6. The highest BCUT2D eigenvalue weighted by molar-refractivity contribution is 5.77. The number of anilines is 1. The maximum absolute atomic E-state index is 13.8. The molecule has 0 N–H and O–H groups in total. The molecule has 0 spiro atoms. The van der Waals surface area contributed by atoms with Gasteiger partial charge in [0.1, 0.15) is 29.4 Å². The number of likely N-dealkylation sites (tertiary alicyclic amines) is 1. The van der Waals surface area contributed by atoms with Gasteiger partial charge in [-0.15, -0.1) is 0 Å². The van der Waals surface area contributed by atoms with Gasteiger partial charge in [-0.05, 0) is 49.8 Å². The Morgan fingerprint density at radius 2 is 1.97 bits per heavy atom. The maximum Gasteiger partial charge on any atom is 0.397 e. The van der Waals surface area contributed by atoms with Gasteiger partial charge in [-0.25, -0.2) is 19.3 Å². The molecule has 0 radical (unpaired) electrons. The summed E-state index contributed by atoms with van der Waals surface area (Å²) < 4.78 is 53.7. The Hall–Kier alpha value is -3.24. The summed E-state index contributed by atoms with van der Waals surface area (Å²) >= 11 is 0. The monoisotopic (exact) mass is 476 g/mol. The van der Waals surface area contributed by atoms with Crippen molar-refractivity contribution in [2.75, 3.05) is 24.5 Å². The molecule has 4 heterocycles. The number of imidazole rings is 1. The average molecular weight is 476 g/mol. The average Bonchev–Trinajstić information content (AvgIpc) is 3.53. The molecule has 1 amide bonds. The van der Waals surface area contributed by atoms with Crippen molar-refractivity contribution in [2.24, 2.45) is 5.92 Å². The zero-order valence-corrected chi connectivity index (χ0v) is 18.4. The van der Waals surface area contributed by atoms with Crippen molar-refractivity contribution in [3.63, 3.8) is 0 Å². The first-order valence-corrected chi connectivity index (χ1v) is 11.3. The first-order valence-electron chi connectivity index (χ1n) is 11.3. The molecular formula is C23H24F4N6O. The van der Waals surface area contributed by atoms with Crippen LogP contribution in [0.5, 0.6) is 0 Å². The zero-order chi connectivity index (χ0) is 23.9. The molecule has 1 unspecified atom stereocenters. The van der Waals surface area contributed by atoms with Crippen LogP contribution in [0.3, 0.4) is 0 Å². The minimum atomic E-state index is -4.52. The van der Waals surface area contributed by atoms with Crippen LogP contribution < -0.4 is 4.90 Å². The van der Waals surface area contributed by atoms with Gasteiger partial charge in [0.15, 0.2) is 5.82 Å². The van der Waals surface area contributed by atoms with Gasteiger partial charge >= 0.3 is 6.18 Å². The molecule has 2 aliphatic rings. The Balaban J connectivity index is 1.42. The SMILES string of the molecule is O=C(CC(F)(F)F)N1CCCC(N(CC2CC2)c2ccnc(-c3cnc4ccc(F)cn34)n2)C1. The van der Waals surface area contributed by atoms with Gasteiger partial charge < -0.3 is 9.80 Å². The highest BCUT2D eigenvalue weighted by atomic mass is 19.4. The molecule has 1 atom stereocenters. The van der Waals surface area contributed by atoms with Gasteiger partial charge in [-0.2, -0.15) is 13.2 Å². The third-order valence-electron chi connectivity index (χ3n) is 6.33. The lowest BCUT2D eigenvalue weighted by atomic mass is 10.0. The molecule has 0 bridgehead atoms. The summed E-state index contributed by atoms with van der Waals surface area (Å²) in [6.45, 7) is 1.26. The molecule has 1 aliphatic heterocycles. The smallest absolute Gasteiger partial charge is 0.351 e.